The number of phenolic OH excluding ortho intramolecular Hbond substituents is 1. The van der Waals surface area contributed by atoms with E-state index in [-0.39, 0.29) is 17.1 Å². The van der Waals surface area contributed by atoms with E-state index in [1.807, 2.05) is 0 Å². The van der Waals surface area contributed by atoms with Crippen molar-refractivity contribution in [2.24, 2.45) is 0 Å². The number of benzene rings is 1. The van der Waals surface area contributed by atoms with E-state index < -0.39 is 5.78 Å². The highest BCUT2D eigenvalue weighted by atomic mass is 35.5. The SMILES string of the molecule is C=CC(=O)c1cc(Cl)cc(OC)c1O. The highest BCUT2D eigenvalue weighted by Gasteiger charge is 2.13. The molecule has 74 valence electrons. The first-order chi connectivity index (χ1) is 6.60. The molecule has 0 unspecified atom stereocenters. The number of rotatable bonds is 3. The van der Waals surface area contributed by atoms with Crippen LogP contribution in [-0.2, 0) is 0 Å². The Balaban J connectivity index is 3.35. The average Bonchev–Trinajstić information content (AvgIpc) is 2.19. The van der Waals surface area contributed by atoms with Crippen molar-refractivity contribution in [1.82, 2.24) is 0 Å². The molecule has 0 fully saturated rings. The van der Waals surface area contributed by atoms with Crippen LogP contribution in [0.15, 0.2) is 24.8 Å². The van der Waals surface area contributed by atoms with Crippen LogP contribution in [0.5, 0.6) is 11.5 Å². The van der Waals surface area contributed by atoms with Gasteiger partial charge in [0.15, 0.2) is 17.3 Å². The number of phenols is 1. The number of carbonyl (C=O) groups excluding carboxylic acids is 1. The van der Waals surface area contributed by atoms with E-state index in [4.69, 9.17) is 16.3 Å². The van der Waals surface area contributed by atoms with Crippen molar-refractivity contribution in [3.05, 3.63) is 35.4 Å². The lowest BCUT2D eigenvalue weighted by atomic mass is 10.1. The van der Waals surface area contributed by atoms with Crippen molar-refractivity contribution in [2.75, 3.05) is 7.11 Å². The van der Waals surface area contributed by atoms with Gasteiger partial charge in [-0.15, -0.1) is 0 Å². The molecule has 0 radical (unpaired) electrons. The second-order valence-corrected chi connectivity index (χ2v) is 3.01. The number of allylic oxidation sites excluding steroid dienone is 1. The van der Waals surface area contributed by atoms with Gasteiger partial charge in [0.25, 0.3) is 0 Å². The Labute approximate surface area is 86.6 Å². The molecule has 0 saturated heterocycles. The zero-order valence-corrected chi connectivity index (χ0v) is 8.34. The van der Waals surface area contributed by atoms with Gasteiger partial charge in [-0.2, -0.15) is 0 Å². The monoisotopic (exact) mass is 212 g/mol. The summed E-state index contributed by atoms with van der Waals surface area (Å²) in [5.41, 5.74) is 0.0874. The van der Waals surface area contributed by atoms with Gasteiger partial charge in [0, 0.05) is 11.1 Å². The van der Waals surface area contributed by atoms with Crippen molar-refractivity contribution >= 4 is 17.4 Å². The summed E-state index contributed by atoms with van der Waals surface area (Å²) in [4.78, 5) is 11.3. The number of hydrogen-bond acceptors (Lipinski definition) is 3. The van der Waals surface area contributed by atoms with E-state index in [1.54, 1.807) is 0 Å². The van der Waals surface area contributed by atoms with Crippen LogP contribution >= 0.6 is 11.6 Å². The lowest BCUT2D eigenvalue weighted by Crippen LogP contribution is -1.96. The molecule has 0 amide bonds. The van der Waals surface area contributed by atoms with E-state index in [0.717, 1.165) is 6.08 Å². The fourth-order valence-electron chi connectivity index (χ4n) is 1.03. The topological polar surface area (TPSA) is 46.5 Å². The van der Waals surface area contributed by atoms with Crippen molar-refractivity contribution < 1.29 is 14.6 Å². The van der Waals surface area contributed by atoms with E-state index >= 15 is 0 Å². The Kier molecular flexibility index (Phi) is 3.14. The zero-order chi connectivity index (χ0) is 10.7. The number of hydrogen-bond donors (Lipinski definition) is 1. The summed E-state index contributed by atoms with van der Waals surface area (Å²) in [7, 11) is 1.38. The van der Waals surface area contributed by atoms with E-state index in [9.17, 15) is 9.90 Å². The molecule has 0 saturated carbocycles. The Bertz CT molecular complexity index is 385. The normalized spacial score (nSPS) is 9.57. The molecular weight excluding hydrogens is 204 g/mol. The minimum Gasteiger partial charge on any atom is -0.504 e. The van der Waals surface area contributed by atoms with Gasteiger partial charge in [0.1, 0.15) is 0 Å². The van der Waals surface area contributed by atoms with Gasteiger partial charge in [0.05, 0.1) is 12.7 Å². The predicted molar refractivity (Wildman–Crippen MR) is 54.2 cm³/mol. The summed E-state index contributed by atoms with van der Waals surface area (Å²) in [5, 5.41) is 9.89. The second kappa shape index (κ2) is 4.15. The molecule has 0 aliphatic carbocycles. The molecule has 1 aromatic rings. The van der Waals surface area contributed by atoms with Gasteiger partial charge in [-0.25, -0.2) is 0 Å². The van der Waals surface area contributed by atoms with Crippen LogP contribution in [0.3, 0.4) is 0 Å². The molecule has 1 N–H and O–H groups in total. The number of methoxy groups -OCH3 is 1. The molecule has 1 aromatic carbocycles. The van der Waals surface area contributed by atoms with Crippen LogP contribution < -0.4 is 4.74 Å². The van der Waals surface area contributed by atoms with Gasteiger partial charge < -0.3 is 9.84 Å². The number of halogens is 1. The maximum Gasteiger partial charge on any atom is 0.189 e. The first-order valence-electron chi connectivity index (χ1n) is 3.83. The highest BCUT2D eigenvalue weighted by Crippen LogP contribution is 2.33. The largest absolute Gasteiger partial charge is 0.504 e. The minimum absolute atomic E-state index is 0.0874. The Morgan fingerprint density at radius 1 is 1.64 bits per heavy atom. The van der Waals surface area contributed by atoms with Crippen LogP contribution in [0.25, 0.3) is 0 Å². The first kappa shape index (κ1) is 10.6. The smallest absolute Gasteiger partial charge is 0.189 e. The van der Waals surface area contributed by atoms with Gasteiger partial charge in [-0.05, 0) is 12.1 Å². The standard InChI is InChI=1S/C10H9ClO3/c1-3-8(12)7-4-6(11)5-9(14-2)10(7)13/h3-5,13H,1H2,2H3. The van der Waals surface area contributed by atoms with Crippen molar-refractivity contribution in [3.63, 3.8) is 0 Å². The zero-order valence-electron chi connectivity index (χ0n) is 7.58. The van der Waals surface area contributed by atoms with Crippen molar-refractivity contribution in [3.8, 4) is 11.5 Å². The van der Waals surface area contributed by atoms with Crippen LogP contribution in [0.4, 0.5) is 0 Å². The van der Waals surface area contributed by atoms with Crippen molar-refractivity contribution in [2.45, 2.75) is 0 Å². The number of aromatic hydroxyl groups is 1. The molecule has 1 rings (SSSR count). The summed E-state index contributed by atoms with van der Waals surface area (Å²) in [6, 6.07) is 2.79. The molecular formula is C10H9ClO3. The molecule has 0 spiro atoms. The molecule has 0 aliphatic rings. The maximum atomic E-state index is 11.3. The third kappa shape index (κ3) is 1.88. The van der Waals surface area contributed by atoms with Crippen LogP contribution in [0, 0.1) is 0 Å². The fraction of sp³-hybridized carbons (Fsp3) is 0.100. The summed E-state index contributed by atoms with van der Waals surface area (Å²) in [6.07, 6.45) is 1.10. The Morgan fingerprint density at radius 2 is 2.29 bits per heavy atom. The molecule has 3 nitrogen and oxygen atoms in total. The second-order valence-electron chi connectivity index (χ2n) is 2.57. The summed E-state index contributed by atoms with van der Waals surface area (Å²) < 4.78 is 4.84. The predicted octanol–water partition coefficient (Wildman–Crippen LogP) is 2.42. The van der Waals surface area contributed by atoms with Gasteiger partial charge in [-0.3, -0.25) is 4.79 Å². The van der Waals surface area contributed by atoms with E-state index in [1.165, 1.54) is 19.2 Å². The fourth-order valence-corrected chi connectivity index (χ4v) is 1.24. The van der Waals surface area contributed by atoms with Crippen LogP contribution in [0.1, 0.15) is 10.4 Å². The summed E-state index contributed by atoms with van der Waals surface area (Å²) >= 11 is 5.72. The molecule has 14 heavy (non-hydrogen) atoms. The Morgan fingerprint density at radius 3 is 2.79 bits per heavy atom. The molecule has 0 heterocycles. The lowest BCUT2D eigenvalue weighted by Gasteiger charge is -2.07. The maximum absolute atomic E-state index is 11.3. The van der Waals surface area contributed by atoms with Crippen molar-refractivity contribution in [1.29, 1.82) is 0 Å². The quantitative estimate of drug-likeness (QED) is 0.618. The number of ether oxygens (including phenoxy) is 1. The summed E-state index contributed by atoms with van der Waals surface area (Å²) in [5.74, 6) is -0.451. The molecule has 0 bridgehead atoms. The minimum atomic E-state index is -0.400. The van der Waals surface area contributed by atoms with E-state index in [2.05, 4.69) is 6.58 Å². The third-order valence-electron chi connectivity index (χ3n) is 1.71. The molecule has 4 heteroatoms. The van der Waals surface area contributed by atoms with Gasteiger partial charge >= 0.3 is 0 Å². The van der Waals surface area contributed by atoms with Gasteiger partial charge in [0.2, 0.25) is 0 Å². The lowest BCUT2D eigenvalue weighted by molar-refractivity contribution is 0.104. The number of ketones is 1. The van der Waals surface area contributed by atoms with Gasteiger partial charge in [-0.1, -0.05) is 18.2 Å². The summed E-state index contributed by atoms with van der Waals surface area (Å²) in [6.45, 7) is 3.32. The Hall–Kier alpha value is -1.48. The molecule has 0 aromatic heterocycles. The molecule has 0 aliphatic heterocycles. The van der Waals surface area contributed by atoms with Crippen LogP contribution in [-0.4, -0.2) is 18.0 Å². The number of carbonyl (C=O) groups is 1. The van der Waals surface area contributed by atoms with Crippen LogP contribution in [0.2, 0.25) is 5.02 Å². The van der Waals surface area contributed by atoms with E-state index in [0.29, 0.717) is 5.02 Å². The molecule has 0 atom stereocenters. The highest BCUT2D eigenvalue weighted by molar-refractivity contribution is 6.31. The first-order valence-corrected chi connectivity index (χ1v) is 4.21. The third-order valence-corrected chi connectivity index (χ3v) is 1.93. The average molecular weight is 213 g/mol.